The van der Waals surface area contributed by atoms with Gasteiger partial charge in [0.15, 0.2) is 0 Å². The first-order valence-electron chi connectivity index (χ1n) is 6.02. The molecule has 2 aromatic carbocycles. The summed E-state index contributed by atoms with van der Waals surface area (Å²) in [5.74, 6) is -0.910. The molecule has 1 N–H and O–H groups in total. The van der Waals surface area contributed by atoms with Gasteiger partial charge < -0.3 is 5.32 Å². The molecule has 0 bridgehead atoms. The van der Waals surface area contributed by atoms with E-state index in [1.807, 2.05) is 31.2 Å². The van der Waals surface area contributed by atoms with E-state index in [2.05, 4.69) is 5.32 Å². The van der Waals surface area contributed by atoms with Crippen LogP contribution < -0.4 is 5.32 Å². The first kappa shape index (κ1) is 14.4. The number of hydrogen-bond acceptors (Lipinski definition) is 1. The molecule has 0 amide bonds. The second-order valence-electron chi connectivity index (χ2n) is 4.53. The fourth-order valence-corrected chi connectivity index (χ4v) is 1.85. The Hall–Kier alpha value is -2.04. The molecule has 0 aliphatic carbocycles. The Balaban J connectivity index is 2.11. The van der Waals surface area contributed by atoms with Crippen molar-refractivity contribution in [2.75, 3.05) is 5.32 Å². The number of anilines is 1. The van der Waals surface area contributed by atoms with E-state index >= 15 is 0 Å². The first-order chi connectivity index (χ1) is 9.36. The molecule has 0 aromatic heterocycles. The van der Waals surface area contributed by atoms with Gasteiger partial charge in [-0.2, -0.15) is 13.2 Å². The highest BCUT2D eigenvalue weighted by Gasteiger charge is 2.31. The smallest absolute Gasteiger partial charge is 0.379 e. The van der Waals surface area contributed by atoms with Crippen LogP contribution in [0.3, 0.4) is 0 Å². The number of hydrogen-bond donors (Lipinski definition) is 1. The Labute approximate surface area is 114 Å². The lowest BCUT2D eigenvalue weighted by atomic mass is 10.1. The van der Waals surface area contributed by atoms with Crippen molar-refractivity contribution >= 4 is 5.69 Å². The van der Waals surface area contributed by atoms with E-state index in [1.165, 1.54) is 0 Å². The molecule has 0 fully saturated rings. The summed E-state index contributed by atoms with van der Waals surface area (Å²) in [6, 6.07) is 10.1. The van der Waals surface area contributed by atoms with Crippen LogP contribution in [0.1, 0.15) is 16.7 Å². The molecular formula is C15H13F4N. The van der Waals surface area contributed by atoms with Crippen molar-refractivity contribution in [3.8, 4) is 0 Å². The quantitative estimate of drug-likeness (QED) is 0.800. The molecule has 106 valence electrons. The van der Waals surface area contributed by atoms with Crippen LogP contribution in [0.4, 0.5) is 23.2 Å². The standard InChI is InChI=1S/C15H13F4N/c1-10-3-2-4-11(7-10)9-20-14-6-5-12(8-13(14)16)15(17,18)19/h2-8,20H,9H2,1H3. The predicted molar refractivity (Wildman–Crippen MR) is 69.9 cm³/mol. The van der Waals surface area contributed by atoms with Crippen LogP contribution in [-0.2, 0) is 12.7 Å². The third-order valence-corrected chi connectivity index (χ3v) is 2.86. The fraction of sp³-hybridized carbons (Fsp3) is 0.200. The Morgan fingerprint density at radius 1 is 1.05 bits per heavy atom. The van der Waals surface area contributed by atoms with Crippen molar-refractivity contribution < 1.29 is 17.6 Å². The first-order valence-corrected chi connectivity index (χ1v) is 6.02. The van der Waals surface area contributed by atoms with Gasteiger partial charge in [-0.1, -0.05) is 29.8 Å². The molecule has 0 unspecified atom stereocenters. The van der Waals surface area contributed by atoms with Gasteiger partial charge in [-0.15, -0.1) is 0 Å². The average molecular weight is 283 g/mol. The van der Waals surface area contributed by atoms with Crippen LogP contribution >= 0.6 is 0 Å². The number of aryl methyl sites for hydroxylation is 1. The molecule has 0 aliphatic rings. The number of alkyl halides is 3. The molecule has 1 nitrogen and oxygen atoms in total. The molecule has 0 heterocycles. The monoisotopic (exact) mass is 283 g/mol. The largest absolute Gasteiger partial charge is 0.416 e. The van der Waals surface area contributed by atoms with Gasteiger partial charge in [0.05, 0.1) is 11.3 Å². The molecule has 0 saturated carbocycles. The van der Waals surface area contributed by atoms with Crippen molar-refractivity contribution in [3.05, 3.63) is 65.0 Å². The highest BCUT2D eigenvalue weighted by molar-refractivity contribution is 5.47. The highest BCUT2D eigenvalue weighted by Crippen LogP contribution is 2.31. The summed E-state index contributed by atoms with van der Waals surface area (Å²) < 4.78 is 50.8. The van der Waals surface area contributed by atoms with Crippen molar-refractivity contribution in [3.63, 3.8) is 0 Å². The second-order valence-corrected chi connectivity index (χ2v) is 4.53. The topological polar surface area (TPSA) is 12.0 Å². The van der Waals surface area contributed by atoms with Crippen LogP contribution in [0, 0.1) is 12.7 Å². The lowest BCUT2D eigenvalue weighted by Gasteiger charge is -2.11. The minimum Gasteiger partial charge on any atom is -0.379 e. The Morgan fingerprint density at radius 3 is 2.40 bits per heavy atom. The zero-order valence-corrected chi connectivity index (χ0v) is 10.8. The zero-order valence-electron chi connectivity index (χ0n) is 10.8. The van der Waals surface area contributed by atoms with Crippen LogP contribution in [0.5, 0.6) is 0 Å². The minimum absolute atomic E-state index is 0.0551. The van der Waals surface area contributed by atoms with Gasteiger partial charge in [-0.05, 0) is 30.7 Å². The van der Waals surface area contributed by atoms with E-state index in [1.54, 1.807) is 0 Å². The molecular weight excluding hydrogens is 270 g/mol. The van der Waals surface area contributed by atoms with Crippen LogP contribution in [0.15, 0.2) is 42.5 Å². The van der Waals surface area contributed by atoms with Crippen molar-refractivity contribution in [2.45, 2.75) is 19.6 Å². The van der Waals surface area contributed by atoms with Gasteiger partial charge in [0.2, 0.25) is 0 Å². The van der Waals surface area contributed by atoms with Crippen LogP contribution in [0.25, 0.3) is 0 Å². The van der Waals surface area contributed by atoms with Crippen LogP contribution in [0.2, 0.25) is 0 Å². The van der Waals surface area contributed by atoms with Crippen molar-refractivity contribution in [1.82, 2.24) is 0 Å². The lowest BCUT2D eigenvalue weighted by molar-refractivity contribution is -0.137. The molecule has 2 aromatic rings. The molecule has 0 aliphatic heterocycles. The van der Waals surface area contributed by atoms with Gasteiger partial charge >= 0.3 is 6.18 Å². The maximum atomic E-state index is 13.6. The molecule has 0 atom stereocenters. The van der Waals surface area contributed by atoms with Crippen molar-refractivity contribution in [1.29, 1.82) is 0 Å². The second kappa shape index (κ2) is 5.53. The third kappa shape index (κ3) is 3.50. The van der Waals surface area contributed by atoms with E-state index in [9.17, 15) is 17.6 Å². The Kier molecular flexibility index (Phi) is 3.97. The maximum Gasteiger partial charge on any atom is 0.416 e. The normalized spacial score (nSPS) is 11.4. The van der Waals surface area contributed by atoms with E-state index in [-0.39, 0.29) is 5.69 Å². The van der Waals surface area contributed by atoms with Gasteiger partial charge in [-0.3, -0.25) is 0 Å². The molecule has 20 heavy (non-hydrogen) atoms. The van der Waals surface area contributed by atoms with Gasteiger partial charge in [0.25, 0.3) is 0 Å². The van der Waals surface area contributed by atoms with Crippen LogP contribution in [-0.4, -0.2) is 0 Å². The molecule has 0 radical (unpaired) electrons. The summed E-state index contributed by atoms with van der Waals surface area (Å²) in [5, 5.41) is 2.79. The summed E-state index contributed by atoms with van der Waals surface area (Å²) >= 11 is 0. The predicted octanol–water partition coefficient (Wildman–Crippen LogP) is 4.77. The minimum atomic E-state index is -4.53. The summed E-state index contributed by atoms with van der Waals surface area (Å²) in [5.41, 5.74) is 1.07. The van der Waals surface area contributed by atoms with Gasteiger partial charge in [0.1, 0.15) is 5.82 Å². The number of benzene rings is 2. The lowest BCUT2D eigenvalue weighted by Crippen LogP contribution is -2.07. The summed E-state index contributed by atoms with van der Waals surface area (Å²) in [6.07, 6.45) is -4.53. The average Bonchev–Trinajstić information content (AvgIpc) is 2.36. The van der Waals surface area contributed by atoms with Crippen molar-refractivity contribution in [2.24, 2.45) is 0 Å². The Morgan fingerprint density at radius 2 is 1.80 bits per heavy atom. The Bertz CT molecular complexity index is 605. The zero-order chi connectivity index (χ0) is 14.8. The highest BCUT2D eigenvalue weighted by atomic mass is 19.4. The third-order valence-electron chi connectivity index (χ3n) is 2.86. The number of halogens is 4. The summed E-state index contributed by atoms with van der Waals surface area (Å²) in [4.78, 5) is 0. The molecule has 0 spiro atoms. The SMILES string of the molecule is Cc1cccc(CNc2ccc(C(F)(F)F)cc2F)c1. The molecule has 2 rings (SSSR count). The maximum absolute atomic E-state index is 13.6. The van der Waals surface area contributed by atoms with E-state index in [0.29, 0.717) is 12.6 Å². The van der Waals surface area contributed by atoms with Gasteiger partial charge in [0, 0.05) is 6.54 Å². The van der Waals surface area contributed by atoms with Gasteiger partial charge in [-0.25, -0.2) is 4.39 Å². The molecule has 0 saturated heterocycles. The summed E-state index contributed by atoms with van der Waals surface area (Å²) in [7, 11) is 0. The number of rotatable bonds is 3. The fourth-order valence-electron chi connectivity index (χ4n) is 1.85. The summed E-state index contributed by atoms with van der Waals surface area (Å²) in [6.45, 7) is 2.28. The van der Waals surface area contributed by atoms with E-state index in [0.717, 1.165) is 23.3 Å². The van der Waals surface area contributed by atoms with E-state index < -0.39 is 17.6 Å². The van der Waals surface area contributed by atoms with E-state index in [4.69, 9.17) is 0 Å². The molecule has 5 heteroatoms. The number of nitrogens with one attached hydrogen (secondary N) is 1.